The number of rotatable bonds is 3. The van der Waals surface area contributed by atoms with Gasteiger partial charge in [-0.25, -0.2) is 8.42 Å². The van der Waals surface area contributed by atoms with E-state index >= 15 is 0 Å². The molecule has 0 spiro atoms. The predicted octanol–water partition coefficient (Wildman–Crippen LogP) is 1.04. The zero-order chi connectivity index (χ0) is 12.2. The van der Waals surface area contributed by atoms with Gasteiger partial charge in [0.2, 0.25) is 10.0 Å². The molecule has 17 heavy (non-hydrogen) atoms. The summed E-state index contributed by atoms with van der Waals surface area (Å²) in [5, 5.41) is -0.0452. The first kappa shape index (κ1) is 11.9. The molecular weight excluding hydrogens is 236 g/mol. The molecule has 0 radical (unpaired) electrons. The Morgan fingerprint density at radius 2 is 1.53 bits per heavy atom. The molecule has 1 aliphatic carbocycles. The highest BCUT2D eigenvalue weighted by Crippen LogP contribution is 2.40. The van der Waals surface area contributed by atoms with E-state index in [0.29, 0.717) is 6.04 Å². The van der Waals surface area contributed by atoms with Crippen molar-refractivity contribution in [2.75, 3.05) is 13.1 Å². The van der Waals surface area contributed by atoms with Crippen molar-refractivity contribution in [3.05, 3.63) is 0 Å². The van der Waals surface area contributed by atoms with E-state index in [1.165, 1.54) is 0 Å². The smallest absolute Gasteiger partial charge is 0.217 e. The minimum absolute atomic E-state index is 0.0452. The lowest BCUT2D eigenvalue weighted by atomic mass is 10.2. The first-order valence-corrected chi connectivity index (χ1v) is 8.27. The molecule has 0 aromatic carbocycles. The van der Waals surface area contributed by atoms with Crippen LogP contribution in [0, 0.1) is 0 Å². The number of piperazine rings is 1. The Kier molecular flexibility index (Phi) is 2.76. The maximum absolute atomic E-state index is 12.4. The fourth-order valence-corrected chi connectivity index (χ4v) is 5.52. The molecule has 2 aliphatic heterocycles. The minimum Gasteiger partial charge on any atom is -0.298 e. The minimum atomic E-state index is -2.97. The van der Waals surface area contributed by atoms with Crippen LogP contribution in [0.5, 0.6) is 0 Å². The topological polar surface area (TPSA) is 40.6 Å². The van der Waals surface area contributed by atoms with E-state index < -0.39 is 10.0 Å². The van der Waals surface area contributed by atoms with Crippen molar-refractivity contribution >= 4 is 10.0 Å². The molecule has 3 rings (SSSR count). The molecular formula is C12H22N2O2S. The van der Waals surface area contributed by atoms with Gasteiger partial charge < -0.3 is 0 Å². The second-order valence-corrected chi connectivity index (χ2v) is 8.13. The van der Waals surface area contributed by atoms with Gasteiger partial charge in [-0.05, 0) is 39.5 Å². The van der Waals surface area contributed by atoms with Gasteiger partial charge in [0.1, 0.15) is 0 Å². The second kappa shape index (κ2) is 3.93. The molecule has 98 valence electrons. The van der Waals surface area contributed by atoms with Crippen LogP contribution >= 0.6 is 0 Å². The molecule has 0 amide bonds. The van der Waals surface area contributed by atoms with Crippen molar-refractivity contribution in [1.82, 2.24) is 9.21 Å². The number of fused-ring (bicyclic) bond motifs is 2. The standard InChI is InChI=1S/C12H22N2O2S/c1-9(2)13-7-10-3-4-11(8-13)14(10)17(15,16)12-5-6-12/h9-12H,3-8H2,1-2H3. The zero-order valence-corrected chi connectivity index (χ0v) is 11.5. The van der Waals surface area contributed by atoms with Gasteiger partial charge in [0.05, 0.1) is 5.25 Å². The Labute approximate surface area is 104 Å². The molecule has 0 N–H and O–H groups in total. The third kappa shape index (κ3) is 1.92. The Morgan fingerprint density at radius 3 is 1.94 bits per heavy atom. The third-order valence-corrected chi connectivity index (χ3v) is 6.91. The molecule has 1 saturated carbocycles. The van der Waals surface area contributed by atoms with Crippen LogP contribution in [0.15, 0.2) is 0 Å². The highest BCUT2D eigenvalue weighted by atomic mass is 32.2. The van der Waals surface area contributed by atoms with Crippen LogP contribution in [-0.2, 0) is 10.0 Å². The largest absolute Gasteiger partial charge is 0.298 e. The summed E-state index contributed by atoms with van der Waals surface area (Å²) < 4.78 is 26.7. The Bertz CT molecular complexity index is 389. The lowest BCUT2D eigenvalue weighted by Gasteiger charge is -2.41. The van der Waals surface area contributed by atoms with Crippen molar-refractivity contribution in [2.24, 2.45) is 0 Å². The van der Waals surface area contributed by atoms with E-state index in [1.807, 2.05) is 4.31 Å². The number of hydrogen-bond donors (Lipinski definition) is 0. The van der Waals surface area contributed by atoms with Crippen LogP contribution in [-0.4, -0.2) is 54.1 Å². The van der Waals surface area contributed by atoms with Gasteiger partial charge >= 0.3 is 0 Å². The average Bonchev–Trinajstić information content (AvgIpc) is 3.05. The first-order valence-electron chi connectivity index (χ1n) is 6.76. The van der Waals surface area contributed by atoms with E-state index in [-0.39, 0.29) is 17.3 Å². The summed E-state index contributed by atoms with van der Waals surface area (Å²) in [6.07, 6.45) is 3.87. The van der Waals surface area contributed by atoms with Gasteiger partial charge in [-0.3, -0.25) is 4.90 Å². The predicted molar refractivity (Wildman–Crippen MR) is 67.3 cm³/mol. The van der Waals surface area contributed by atoms with Crippen molar-refractivity contribution in [3.8, 4) is 0 Å². The number of nitrogens with zero attached hydrogens (tertiary/aromatic N) is 2. The molecule has 4 nitrogen and oxygen atoms in total. The second-order valence-electron chi connectivity index (χ2n) is 6.01. The van der Waals surface area contributed by atoms with E-state index in [0.717, 1.165) is 38.8 Å². The van der Waals surface area contributed by atoms with Crippen LogP contribution in [0.4, 0.5) is 0 Å². The van der Waals surface area contributed by atoms with Gasteiger partial charge in [0.15, 0.2) is 0 Å². The monoisotopic (exact) mass is 258 g/mol. The Balaban J connectivity index is 1.81. The quantitative estimate of drug-likeness (QED) is 0.759. The normalized spacial score (nSPS) is 35.7. The number of likely N-dealkylation sites (tertiary alicyclic amines) is 1. The fraction of sp³-hybridized carbons (Fsp3) is 1.00. The molecule has 5 heteroatoms. The molecule has 3 aliphatic rings. The van der Waals surface area contributed by atoms with E-state index in [9.17, 15) is 8.42 Å². The molecule has 2 saturated heterocycles. The lowest BCUT2D eigenvalue weighted by molar-refractivity contribution is 0.103. The van der Waals surface area contributed by atoms with E-state index in [4.69, 9.17) is 0 Å². The summed E-state index contributed by atoms with van der Waals surface area (Å²) in [5.74, 6) is 0. The fourth-order valence-electron chi connectivity index (χ4n) is 3.27. The van der Waals surface area contributed by atoms with Crippen molar-refractivity contribution in [3.63, 3.8) is 0 Å². The van der Waals surface area contributed by atoms with Crippen LogP contribution in [0.3, 0.4) is 0 Å². The zero-order valence-electron chi connectivity index (χ0n) is 10.7. The summed E-state index contributed by atoms with van der Waals surface area (Å²) in [7, 11) is -2.97. The van der Waals surface area contributed by atoms with Crippen LogP contribution in [0.1, 0.15) is 39.5 Å². The molecule has 0 aromatic rings. The maximum atomic E-state index is 12.4. The van der Waals surface area contributed by atoms with E-state index in [2.05, 4.69) is 18.7 Å². The van der Waals surface area contributed by atoms with Gasteiger partial charge in [0, 0.05) is 31.2 Å². The summed E-state index contributed by atoms with van der Waals surface area (Å²) in [6.45, 7) is 6.26. The molecule has 0 aromatic heterocycles. The summed E-state index contributed by atoms with van der Waals surface area (Å²) in [6, 6.07) is 1.03. The molecule has 2 bridgehead atoms. The van der Waals surface area contributed by atoms with Crippen molar-refractivity contribution < 1.29 is 8.42 Å². The molecule has 2 atom stereocenters. The van der Waals surface area contributed by atoms with Gasteiger partial charge in [-0.15, -0.1) is 0 Å². The SMILES string of the molecule is CC(C)N1CC2CCC(C1)N2S(=O)(=O)C1CC1. The first-order chi connectivity index (χ1) is 8.00. The highest BCUT2D eigenvalue weighted by Gasteiger charge is 2.51. The number of sulfonamides is 1. The summed E-state index contributed by atoms with van der Waals surface area (Å²) in [4.78, 5) is 2.43. The molecule has 2 heterocycles. The third-order valence-electron chi connectivity index (χ3n) is 4.41. The van der Waals surface area contributed by atoms with E-state index in [1.54, 1.807) is 0 Å². The average molecular weight is 258 g/mol. The lowest BCUT2D eigenvalue weighted by Crippen LogP contribution is -2.57. The molecule has 3 fully saturated rings. The van der Waals surface area contributed by atoms with Crippen LogP contribution in [0.25, 0.3) is 0 Å². The van der Waals surface area contributed by atoms with Crippen molar-refractivity contribution in [1.29, 1.82) is 0 Å². The van der Waals surface area contributed by atoms with Crippen LogP contribution < -0.4 is 0 Å². The highest BCUT2D eigenvalue weighted by molar-refractivity contribution is 7.90. The number of hydrogen-bond acceptors (Lipinski definition) is 3. The van der Waals surface area contributed by atoms with Gasteiger partial charge in [0.25, 0.3) is 0 Å². The Hall–Kier alpha value is -0.130. The van der Waals surface area contributed by atoms with Crippen LogP contribution in [0.2, 0.25) is 0 Å². The van der Waals surface area contributed by atoms with Gasteiger partial charge in [-0.1, -0.05) is 0 Å². The van der Waals surface area contributed by atoms with Crippen molar-refractivity contribution in [2.45, 2.75) is 62.9 Å². The Morgan fingerprint density at radius 1 is 1.00 bits per heavy atom. The molecule has 2 unspecified atom stereocenters. The maximum Gasteiger partial charge on any atom is 0.217 e. The summed E-state index contributed by atoms with van der Waals surface area (Å²) in [5.41, 5.74) is 0. The summed E-state index contributed by atoms with van der Waals surface area (Å²) >= 11 is 0. The van der Waals surface area contributed by atoms with Gasteiger partial charge in [-0.2, -0.15) is 4.31 Å².